The van der Waals surface area contributed by atoms with Crippen LogP contribution in [0.15, 0.2) is 5.18 Å². The van der Waals surface area contributed by atoms with E-state index in [4.69, 9.17) is 17.2 Å². The normalized spacial score (nSPS) is 9.54. The fourth-order valence-electron chi connectivity index (χ4n) is 0.777. The minimum atomic E-state index is -0.854. The first-order valence-corrected chi connectivity index (χ1v) is 3.12. The third kappa shape index (κ3) is 1.50. The molecule has 1 rings (SSSR count). The van der Waals surface area contributed by atoms with Crippen LogP contribution in [0.3, 0.4) is 0 Å². The van der Waals surface area contributed by atoms with Gasteiger partial charge >= 0.3 is 0 Å². The number of nitrogens with two attached hydrogens (primary N) is 3. The van der Waals surface area contributed by atoms with Crippen LogP contribution in [0, 0.1) is 4.91 Å². The summed E-state index contributed by atoms with van der Waals surface area (Å²) in [5.41, 5.74) is 15.3. The van der Waals surface area contributed by atoms with Gasteiger partial charge in [0.25, 0.3) is 11.9 Å². The Hall–Kier alpha value is -2.25. The van der Waals surface area contributed by atoms with Crippen molar-refractivity contribution in [3.63, 3.8) is 0 Å². The van der Waals surface area contributed by atoms with Gasteiger partial charge in [0.2, 0.25) is 0 Å². The van der Waals surface area contributed by atoms with Crippen molar-refractivity contribution in [3.8, 4) is 0 Å². The summed E-state index contributed by atoms with van der Waals surface area (Å²) >= 11 is 0. The average molecular weight is 182 g/mol. The molecule has 0 saturated carbocycles. The van der Waals surface area contributed by atoms with Gasteiger partial charge in [0.05, 0.1) is 0 Å². The van der Waals surface area contributed by atoms with E-state index in [1.807, 2.05) is 0 Å². The maximum Gasteiger partial charge on any atom is 0.294 e. The molecule has 0 aliphatic carbocycles. The zero-order valence-electron chi connectivity index (χ0n) is 6.39. The Balaban J connectivity index is 3.39. The highest BCUT2D eigenvalue weighted by atomic mass is 16.3. The first kappa shape index (κ1) is 8.84. The van der Waals surface area contributed by atoms with Crippen molar-refractivity contribution in [2.45, 2.75) is 0 Å². The molecule has 0 saturated heterocycles. The molecule has 0 aromatic carbocycles. The predicted molar refractivity (Wildman–Crippen MR) is 44.8 cm³/mol. The van der Waals surface area contributed by atoms with Crippen LogP contribution in [0.4, 0.5) is 17.6 Å². The molecule has 0 spiro atoms. The highest BCUT2D eigenvalue weighted by Crippen LogP contribution is 2.17. The largest absolute Gasteiger partial charge is 0.383 e. The molecule has 0 unspecified atom stereocenters. The van der Waals surface area contributed by atoms with E-state index >= 15 is 0 Å². The number of nitroso groups, excluding NO2 is 1. The SMILES string of the molecule is NC(=O)c1c(N)nc(N=O)nc1N. The van der Waals surface area contributed by atoms with E-state index < -0.39 is 11.9 Å². The molecule has 1 aromatic heterocycles. The molecule has 1 aromatic rings. The fourth-order valence-corrected chi connectivity index (χ4v) is 0.777. The fraction of sp³-hybridized carbons (Fsp3) is 0. The molecule has 6 N–H and O–H groups in total. The van der Waals surface area contributed by atoms with Crippen molar-refractivity contribution in [3.05, 3.63) is 10.5 Å². The third-order valence-corrected chi connectivity index (χ3v) is 1.28. The molecule has 1 amide bonds. The number of amides is 1. The van der Waals surface area contributed by atoms with Crippen molar-refractivity contribution in [2.75, 3.05) is 11.5 Å². The van der Waals surface area contributed by atoms with Gasteiger partial charge in [-0.2, -0.15) is 9.97 Å². The van der Waals surface area contributed by atoms with Gasteiger partial charge in [-0.25, -0.2) is 0 Å². The van der Waals surface area contributed by atoms with Crippen molar-refractivity contribution in [2.24, 2.45) is 10.9 Å². The second-order valence-electron chi connectivity index (χ2n) is 2.12. The van der Waals surface area contributed by atoms with Crippen molar-refractivity contribution >= 4 is 23.5 Å². The molecule has 13 heavy (non-hydrogen) atoms. The number of anilines is 2. The van der Waals surface area contributed by atoms with E-state index in [2.05, 4.69) is 15.1 Å². The monoisotopic (exact) mass is 182 g/mol. The van der Waals surface area contributed by atoms with E-state index in [0.717, 1.165) is 0 Å². The highest BCUT2D eigenvalue weighted by molar-refractivity contribution is 6.01. The Labute approximate surface area is 72.1 Å². The lowest BCUT2D eigenvalue weighted by molar-refractivity contribution is 0.100. The number of primary amides is 1. The van der Waals surface area contributed by atoms with E-state index in [1.165, 1.54) is 0 Å². The second-order valence-corrected chi connectivity index (χ2v) is 2.12. The summed E-state index contributed by atoms with van der Waals surface area (Å²) in [6, 6.07) is 0. The number of hydrogen-bond acceptors (Lipinski definition) is 7. The quantitative estimate of drug-likeness (QED) is 0.506. The van der Waals surface area contributed by atoms with Crippen LogP contribution in [-0.4, -0.2) is 15.9 Å². The molecular formula is C5H6N6O2. The van der Waals surface area contributed by atoms with Gasteiger partial charge in [-0.05, 0) is 0 Å². The minimum absolute atomic E-state index is 0.201. The van der Waals surface area contributed by atoms with E-state index in [1.54, 1.807) is 0 Å². The molecule has 8 heteroatoms. The zero-order chi connectivity index (χ0) is 10.0. The number of aromatic nitrogens is 2. The summed E-state index contributed by atoms with van der Waals surface area (Å²) in [5, 5.41) is 2.41. The summed E-state index contributed by atoms with van der Waals surface area (Å²) < 4.78 is 0. The predicted octanol–water partition coefficient (Wildman–Crippen LogP) is -0.862. The molecule has 0 atom stereocenters. The number of carbonyl (C=O) groups is 1. The van der Waals surface area contributed by atoms with Gasteiger partial charge < -0.3 is 17.2 Å². The van der Waals surface area contributed by atoms with Crippen LogP contribution in [0.2, 0.25) is 0 Å². The lowest BCUT2D eigenvalue weighted by Gasteiger charge is -2.02. The Bertz CT molecular complexity index is 352. The van der Waals surface area contributed by atoms with Crippen LogP contribution >= 0.6 is 0 Å². The van der Waals surface area contributed by atoms with Crippen molar-refractivity contribution < 1.29 is 4.79 Å². The number of hydrogen-bond donors (Lipinski definition) is 3. The van der Waals surface area contributed by atoms with Gasteiger partial charge in [-0.15, -0.1) is 4.91 Å². The Morgan fingerprint density at radius 1 is 1.23 bits per heavy atom. The zero-order valence-corrected chi connectivity index (χ0v) is 6.39. The molecular weight excluding hydrogens is 176 g/mol. The van der Waals surface area contributed by atoms with Gasteiger partial charge in [-0.1, -0.05) is 0 Å². The third-order valence-electron chi connectivity index (χ3n) is 1.28. The van der Waals surface area contributed by atoms with Crippen LogP contribution < -0.4 is 17.2 Å². The second kappa shape index (κ2) is 3.01. The Kier molecular flexibility index (Phi) is 2.05. The smallest absolute Gasteiger partial charge is 0.294 e. The lowest BCUT2D eigenvalue weighted by atomic mass is 10.2. The Morgan fingerprint density at radius 3 is 2.00 bits per heavy atom. The minimum Gasteiger partial charge on any atom is -0.383 e. The molecule has 0 bridgehead atoms. The highest BCUT2D eigenvalue weighted by Gasteiger charge is 2.14. The maximum atomic E-state index is 10.7. The number of carbonyl (C=O) groups excluding carboxylic acids is 1. The molecule has 0 aliphatic heterocycles. The maximum absolute atomic E-state index is 10.7. The summed E-state index contributed by atoms with van der Waals surface area (Å²) in [6.45, 7) is 0. The summed E-state index contributed by atoms with van der Waals surface area (Å²) in [5.74, 6) is -1.79. The summed E-state index contributed by atoms with van der Waals surface area (Å²) in [4.78, 5) is 27.5. The summed E-state index contributed by atoms with van der Waals surface area (Å²) in [6.07, 6.45) is 0. The topological polar surface area (TPSA) is 150 Å². The van der Waals surface area contributed by atoms with E-state index in [-0.39, 0.29) is 17.2 Å². The number of rotatable bonds is 2. The van der Waals surface area contributed by atoms with Gasteiger partial charge in [0.1, 0.15) is 17.2 Å². The molecule has 0 radical (unpaired) electrons. The van der Waals surface area contributed by atoms with Gasteiger partial charge in [0.15, 0.2) is 0 Å². The van der Waals surface area contributed by atoms with Crippen molar-refractivity contribution in [1.29, 1.82) is 0 Å². The molecule has 8 nitrogen and oxygen atoms in total. The lowest BCUT2D eigenvalue weighted by Crippen LogP contribution is -2.17. The first-order valence-electron chi connectivity index (χ1n) is 3.12. The molecule has 68 valence electrons. The number of nitrogens with zero attached hydrogens (tertiary/aromatic N) is 3. The number of nitrogen functional groups attached to an aromatic ring is 2. The van der Waals surface area contributed by atoms with Crippen LogP contribution in [0.25, 0.3) is 0 Å². The van der Waals surface area contributed by atoms with E-state index in [9.17, 15) is 9.70 Å². The summed E-state index contributed by atoms with van der Waals surface area (Å²) in [7, 11) is 0. The van der Waals surface area contributed by atoms with Crippen LogP contribution in [0.5, 0.6) is 0 Å². The molecule has 0 fully saturated rings. The molecule has 1 heterocycles. The van der Waals surface area contributed by atoms with E-state index in [0.29, 0.717) is 0 Å². The standard InChI is InChI=1S/C5H6N6O2/c6-2-1(4(8)12)3(7)10-5(9-2)11-13/h(H2,8,12)(H4,6,7,9,10). The van der Waals surface area contributed by atoms with Crippen LogP contribution in [-0.2, 0) is 0 Å². The van der Waals surface area contributed by atoms with Crippen LogP contribution in [0.1, 0.15) is 10.4 Å². The molecule has 0 aliphatic rings. The van der Waals surface area contributed by atoms with Gasteiger partial charge in [-0.3, -0.25) is 4.79 Å². The average Bonchev–Trinajstić information content (AvgIpc) is 2.02. The van der Waals surface area contributed by atoms with Gasteiger partial charge in [0, 0.05) is 5.18 Å². The van der Waals surface area contributed by atoms with Crippen molar-refractivity contribution in [1.82, 2.24) is 9.97 Å². The first-order chi connectivity index (χ1) is 6.06. The Morgan fingerprint density at radius 2 is 1.69 bits per heavy atom.